The third kappa shape index (κ3) is 54.5. The molecule has 0 heterocycles. The van der Waals surface area contributed by atoms with Gasteiger partial charge in [-0.2, -0.15) is 0 Å². The molecule has 1 unspecified atom stereocenters. The summed E-state index contributed by atoms with van der Waals surface area (Å²) >= 11 is -1.86. The minimum absolute atomic E-state index is 0. The number of rotatable bonds is 0. The van der Waals surface area contributed by atoms with E-state index >= 15 is 0 Å². The summed E-state index contributed by atoms with van der Waals surface area (Å²) in [6.07, 6.45) is 1.08. The molecule has 2 nitrogen and oxygen atoms in total. The summed E-state index contributed by atoms with van der Waals surface area (Å²) in [5, 5.41) is 0. The summed E-state index contributed by atoms with van der Waals surface area (Å²) in [5.74, 6) is 0. The molecule has 0 aliphatic rings. The van der Waals surface area contributed by atoms with Gasteiger partial charge in [0.15, 0.2) is 0 Å². The van der Waals surface area contributed by atoms with Crippen LogP contribution in [0.15, 0.2) is 0 Å². The molecule has 1 atom stereocenters. The van der Waals surface area contributed by atoms with E-state index in [1.165, 1.54) is 0 Å². The number of hydrogen-bond donors (Lipinski definition) is 0. The van der Waals surface area contributed by atoms with Gasteiger partial charge in [0, 0.05) is 0 Å². The van der Waals surface area contributed by atoms with Crippen LogP contribution in [0.1, 0.15) is 0 Å². The van der Waals surface area contributed by atoms with Crippen molar-refractivity contribution in [2.45, 2.75) is 0 Å². The van der Waals surface area contributed by atoms with Crippen LogP contribution in [-0.2, 0) is 33.5 Å². The van der Waals surface area contributed by atoms with Crippen LogP contribution < -0.4 is 0 Å². The minimum Gasteiger partial charge on any atom is -0.773 e. The zero-order valence-corrected chi connectivity index (χ0v) is 4.83. The van der Waals surface area contributed by atoms with Gasteiger partial charge in [-0.3, -0.25) is 4.21 Å². The quantitative estimate of drug-likeness (QED) is 0.378. The van der Waals surface area contributed by atoms with Crippen LogP contribution in [0.4, 0.5) is 0 Å². The predicted molar refractivity (Wildman–Crippen MR) is 14.8 cm³/mol. The molecule has 0 aliphatic carbocycles. The summed E-state index contributed by atoms with van der Waals surface area (Å²) in [6, 6.07) is 0. The maximum Gasteiger partial charge on any atom is 1.00 e. The zero-order chi connectivity index (χ0) is 3.58. The van der Waals surface area contributed by atoms with Crippen LogP contribution in [0.3, 0.4) is 0 Å². The van der Waals surface area contributed by atoms with Crippen molar-refractivity contribution in [2.75, 3.05) is 6.26 Å². The molecular formula is CH3AgO2S. The Morgan fingerprint density at radius 2 is 1.80 bits per heavy atom. The first kappa shape index (κ1) is 9.28. The normalized spacial score (nSPS) is 12.4. The first-order chi connectivity index (χ1) is 1.73. The van der Waals surface area contributed by atoms with Crippen LogP contribution in [0, 0.1) is 0 Å². The first-order valence-electron chi connectivity index (χ1n) is 0.742. The third-order valence-corrected chi connectivity index (χ3v) is 0. The van der Waals surface area contributed by atoms with Gasteiger partial charge in [-0.15, -0.1) is 0 Å². The van der Waals surface area contributed by atoms with Crippen molar-refractivity contribution in [3.8, 4) is 0 Å². The van der Waals surface area contributed by atoms with Crippen molar-refractivity contribution in [3.63, 3.8) is 0 Å². The Morgan fingerprint density at radius 1 is 1.80 bits per heavy atom. The Bertz CT molecular complexity index is 32.6. The summed E-state index contributed by atoms with van der Waals surface area (Å²) in [4.78, 5) is 0. The van der Waals surface area contributed by atoms with Crippen LogP contribution >= 0.6 is 0 Å². The van der Waals surface area contributed by atoms with Crippen LogP contribution in [0.5, 0.6) is 0 Å². The maximum absolute atomic E-state index is 9.00. The molecule has 0 saturated carbocycles. The van der Waals surface area contributed by atoms with Gasteiger partial charge in [-0.05, 0) is 6.26 Å². The fourth-order valence-electron chi connectivity index (χ4n) is 0. The number of hydrogen-bond acceptors (Lipinski definition) is 2. The molecule has 0 amide bonds. The molecule has 0 spiro atoms. The fourth-order valence-corrected chi connectivity index (χ4v) is 0. The van der Waals surface area contributed by atoms with E-state index in [4.69, 9.17) is 8.76 Å². The van der Waals surface area contributed by atoms with Gasteiger partial charge in [0.1, 0.15) is 0 Å². The van der Waals surface area contributed by atoms with E-state index in [1.54, 1.807) is 0 Å². The van der Waals surface area contributed by atoms with E-state index in [0.29, 0.717) is 0 Å². The molecule has 0 aromatic carbocycles. The van der Waals surface area contributed by atoms with Crippen molar-refractivity contribution in [1.82, 2.24) is 0 Å². The van der Waals surface area contributed by atoms with Crippen LogP contribution in [0.2, 0.25) is 0 Å². The first-order valence-corrected chi connectivity index (χ1v) is 2.22. The van der Waals surface area contributed by atoms with E-state index in [9.17, 15) is 0 Å². The topological polar surface area (TPSA) is 40.1 Å². The molecule has 0 aliphatic heterocycles. The molecule has 0 fully saturated rings. The van der Waals surface area contributed by atoms with E-state index in [0.717, 1.165) is 6.26 Å². The maximum atomic E-state index is 9.00. The van der Waals surface area contributed by atoms with E-state index in [-0.39, 0.29) is 22.4 Å². The molecule has 0 aromatic rings. The Kier molecular flexibility index (Phi) is 9.01. The van der Waals surface area contributed by atoms with Gasteiger partial charge in [-0.1, -0.05) is 11.1 Å². The van der Waals surface area contributed by atoms with Crippen molar-refractivity contribution in [1.29, 1.82) is 0 Å². The molecule has 36 valence electrons. The van der Waals surface area contributed by atoms with Gasteiger partial charge >= 0.3 is 22.4 Å². The van der Waals surface area contributed by atoms with Gasteiger partial charge < -0.3 is 4.55 Å². The largest absolute Gasteiger partial charge is 1.00 e. The predicted octanol–water partition coefficient (Wildman–Crippen LogP) is -0.507. The van der Waals surface area contributed by atoms with Crippen molar-refractivity contribution in [3.05, 3.63) is 0 Å². The Morgan fingerprint density at radius 3 is 1.80 bits per heavy atom. The average Bonchev–Trinajstić information content (AvgIpc) is 0.811. The Labute approximate surface area is 48.8 Å². The van der Waals surface area contributed by atoms with Gasteiger partial charge in [0.05, 0.1) is 0 Å². The van der Waals surface area contributed by atoms with Gasteiger partial charge in [-0.25, -0.2) is 0 Å². The van der Waals surface area contributed by atoms with E-state index < -0.39 is 11.1 Å². The zero-order valence-electron chi connectivity index (χ0n) is 2.53. The standard InChI is InChI=1S/CH4O2S.Ag/c1-4(2)3;/h1H3,(H,2,3);/q;+1/p-1. The molecule has 0 saturated heterocycles. The average molecular weight is 187 g/mol. The molecular weight excluding hydrogens is 184 g/mol. The Hall–Kier alpha value is 0.850. The second-order valence-electron chi connectivity index (χ2n) is 0.401. The summed E-state index contributed by atoms with van der Waals surface area (Å²) < 4.78 is 18.0. The SMILES string of the molecule is CS(=O)[O-].[Ag+]. The van der Waals surface area contributed by atoms with Crippen molar-refractivity contribution < 1.29 is 31.1 Å². The second-order valence-corrected chi connectivity index (χ2v) is 1.20. The second kappa shape index (κ2) is 4.85. The third-order valence-electron chi connectivity index (χ3n) is 0. The molecule has 5 heavy (non-hydrogen) atoms. The fraction of sp³-hybridized carbons (Fsp3) is 1.00. The molecule has 0 N–H and O–H groups in total. The van der Waals surface area contributed by atoms with E-state index in [1.807, 2.05) is 0 Å². The molecule has 4 heteroatoms. The Balaban J connectivity index is 0. The monoisotopic (exact) mass is 186 g/mol. The van der Waals surface area contributed by atoms with Crippen molar-refractivity contribution >= 4 is 11.1 Å². The van der Waals surface area contributed by atoms with Crippen LogP contribution in [0.25, 0.3) is 0 Å². The molecule has 0 aromatic heterocycles. The minimum atomic E-state index is -1.86. The van der Waals surface area contributed by atoms with Crippen LogP contribution in [-0.4, -0.2) is 15.0 Å². The molecule has 0 bridgehead atoms. The summed E-state index contributed by atoms with van der Waals surface area (Å²) in [7, 11) is 0. The summed E-state index contributed by atoms with van der Waals surface area (Å²) in [6.45, 7) is 0. The summed E-state index contributed by atoms with van der Waals surface area (Å²) in [5.41, 5.74) is 0. The van der Waals surface area contributed by atoms with Gasteiger partial charge in [0.25, 0.3) is 0 Å². The van der Waals surface area contributed by atoms with Crippen molar-refractivity contribution in [2.24, 2.45) is 0 Å². The molecule has 0 radical (unpaired) electrons. The van der Waals surface area contributed by atoms with Gasteiger partial charge in [0.2, 0.25) is 0 Å². The molecule has 0 rings (SSSR count). The van der Waals surface area contributed by atoms with E-state index in [2.05, 4.69) is 0 Å². The smallest absolute Gasteiger partial charge is 0.773 e.